The van der Waals surface area contributed by atoms with E-state index in [1.807, 2.05) is 6.92 Å². The van der Waals surface area contributed by atoms with Crippen molar-refractivity contribution in [2.24, 2.45) is 5.92 Å². The number of hydrogen-bond donors (Lipinski definition) is 0. The van der Waals surface area contributed by atoms with Gasteiger partial charge in [-0.1, -0.05) is 19.8 Å². The fraction of sp³-hybridized carbons (Fsp3) is 0.917. The minimum absolute atomic E-state index is 0.0845. The van der Waals surface area contributed by atoms with Crippen molar-refractivity contribution in [3.8, 4) is 0 Å². The van der Waals surface area contributed by atoms with Gasteiger partial charge in [-0.15, -0.1) is 0 Å². The lowest BCUT2D eigenvalue weighted by Gasteiger charge is -2.20. The highest BCUT2D eigenvalue weighted by Crippen LogP contribution is 2.45. The molecule has 1 heterocycles. The Hall–Kier alpha value is -0.800. The molecule has 3 atom stereocenters. The molecule has 2 fully saturated rings. The van der Waals surface area contributed by atoms with Crippen LogP contribution < -0.4 is 0 Å². The third-order valence-electron chi connectivity index (χ3n) is 3.54. The molecule has 0 bridgehead atoms. The summed E-state index contributed by atoms with van der Waals surface area (Å²) in [5, 5.41) is 0. The van der Waals surface area contributed by atoms with E-state index >= 15 is 0 Å². The first kappa shape index (κ1) is 11.7. The van der Waals surface area contributed by atoms with Gasteiger partial charge in [0.2, 0.25) is 0 Å². The van der Waals surface area contributed by atoms with Gasteiger partial charge in [0.05, 0.1) is 12.6 Å². The smallest absolute Gasteiger partial charge is 0.410 e. The minimum atomic E-state index is -0.806. The molecule has 0 aromatic rings. The van der Waals surface area contributed by atoms with Crippen molar-refractivity contribution in [3.05, 3.63) is 0 Å². The summed E-state index contributed by atoms with van der Waals surface area (Å²) in [6, 6.07) is -0.184. The molecule has 1 amide bonds. The molecule has 3 unspecified atom stereocenters. The van der Waals surface area contributed by atoms with Crippen molar-refractivity contribution in [1.29, 1.82) is 0 Å². The molecule has 1 aliphatic heterocycles. The average molecular weight is 229 g/mol. The summed E-state index contributed by atoms with van der Waals surface area (Å²) in [7, 11) is 0. The normalized spacial score (nSPS) is 32.9. The molecule has 0 aromatic carbocycles. The number of alkyl halides is 1. The van der Waals surface area contributed by atoms with Gasteiger partial charge in [0.15, 0.2) is 0 Å². The van der Waals surface area contributed by atoms with Crippen LogP contribution >= 0.6 is 0 Å². The molecule has 16 heavy (non-hydrogen) atoms. The number of carbonyl (C=O) groups is 1. The molecule has 0 radical (unpaired) electrons. The number of unbranched alkanes of at least 4 members (excludes halogenated alkanes) is 1. The van der Waals surface area contributed by atoms with E-state index in [1.54, 1.807) is 4.90 Å². The second kappa shape index (κ2) is 5.02. The Kier molecular flexibility index (Phi) is 3.66. The Bertz CT molecular complexity index is 259. The Morgan fingerprint density at radius 2 is 2.31 bits per heavy atom. The van der Waals surface area contributed by atoms with Crippen molar-refractivity contribution >= 4 is 6.09 Å². The van der Waals surface area contributed by atoms with Gasteiger partial charge in [-0.25, -0.2) is 9.18 Å². The Morgan fingerprint density at radius 3 is 3.06 bits per heavy atom. The molecular formula is C12H20FNO2. The maximum Gasteiger partial charge on any atom is 0.410 e. The van der Waals surface area contributed by atoms with Crippen molar-refractivity contribution in [2.45, 2.75) is 51.2 Å². The van der Waals surface area contributed by atoms with Crippen LogP contribution in [0.25, 0.3) is 0 Å². The molecular weight excluding hydrogens is 209 g/mol. The fourth-order valence-electron chi connectivity index (χ4n) is 2.46. The summed E-state index contributed by atoms with van der Waals surface area (Å²) in [5.74, 6) is 0.0845. The molecule has 0 spiro atoms. The summed E-state index contributed by atoms with van der Waals surface area (Å²) in [4.78, 5) is 13.4. The van der Waals surface area contributed by atoms with Gasteiger partial charge >= 0.3 is 6.09 Å². The Labute approximate surface area is 95.9 Å². The number of carbonyl (C=O) groups excluding carboxylic acids is 1. The first-order chi connectivity index (χ1) is 7.75. The fourth-order valence-corrected chi connectivity index (χ4v) is 2.46. The van der Waals surface area contributed by atoms with Crippen molar-refractivity contribution in [3.63, 3.8) is 0 Å². The van der Waals surface area contributed by atoms with Crippen LogP contribution in [0.4, 0.5) is 9.18 Å². The molecule has 92 valence electrons. The van der Waals surface area contributed by atoms with Crippen LogP contribution in [0.2, 0.25) is 0 Å². The van der Waals surface area contributed by atoms with Gasteiger partial charge in [-0.2, -0.15) is 0 Å². The molecule has 2 aliphatic rings. The Balaban J connectivity index is 1.84. The van der Waals surface area contributed by atoms with E-state index in [9.17, 15) is 9.18 Å². The zero-order valence-electron chi connectivity index (χ0n) is 9.82. The van der Waals surface area contributed by atoms with Crippen LogP contribution in [0.3, 0.4) is 0 Å². The van der Waals surface area contributed by atoms with Crippen molar-refractivity contribution < 1.29 is 13.9 Å². The number of fused-ring (bicyclic) bond motifs is 1. The monoisotopic (exact) mass is 229 g/mol. The maximum atomic E-state index is 13.4. The third-order valence-corrected chi connectivity index (χ3v) is 3.54. The van der Waals surface area contributed by atoms with E-state index in [-0.39, 0.29) is 18.1 Å². The molecule has 1 aliphatic carbocycles. The van der Waals surface area contributed by atoms with Gasteiger partial charge in [0, 0.05) is 12.5 Å². The topological polar surface area (TPSA) is 29.5 Å². The van der Waals surface area contributed by atoms with Crippen LogP contribution in [0.5, 0.6) is 0 Å². The average Bonchev–Trinajstić information content (AvgIpc) is 2.95. The predicted molar refractivity (Wildman–Crippen MR) is 59.0 cm³/mol. The number of hydrogen-bond acceptors (Lipinski definition) is 2. The quantitative estimate of drug-likeness (QED) is 0.696. The molecule has 3 nitrogen and oxygen atoms in total. The van der Waals surface area contributed by atoms with Gasteiger partial charge in [-0.3, -0.25) is 0 Å². The zero-order chi connectivity index (χ0) is 11.5. The summed E-state index contributed by atoms with van der Waals surface area (Å²) in [6.45, 7) is 3.17. The lowest BCUT2D eigenvalue weighted by atomic mass is 10.2. The number of halogens is 1. The molecule has 0 N–H and O–H groups in total. The SMILES string of the molecule is CCCCOC(=O)N1CCCCC2C(F)C21. The molecule has 2 rings (SSSR count). The number of nitrogens with zero attached hydrogens (tertiary/aromatic N) is 1. The highest BCUT2D eigenvalue weighted by Gasteiger charge is 2.56. The lowest BCUT2D eigenvalue weighted by Crippen LogP contribution is -2.35. The second-order valence-electron chi connectivity index (χ2n) is 4.76. The number of likely N-dealkylation sites (tertiary alicyclic amines) is 1. The van der Waals surface area contributed by atoms with Crippen LogP contribution in [0.15, 0.2) is 0 Å². The van der Waals surface area contributed by atoms with E-state index in [4.69, 9.17) is 4.74 Å². The number of rotatable bonds is 3. The van der Waals surface area contributed by atoms with Crippen molar-refractivity contribution in [1.82, 2.24) is 4.90 Å². The summed E-state index contributed by atoms with van der Waals surface area (Å²) in [6.07, 6.45) is 3.69. The van der Waals surface area contributed by atoms with E-state index in [0.717, 1.165) is 32.1 Å². The summed E-state index contributed by atoms with van der Waals surface area (Å²) >= 11 is 0. The van der Waals surface area contributed by atoms with Crippen LogP contribution in [-0.2, 0) is 4.74 Å². The summed E-state index contributed by atoms with van der Waals surface area (Å²) in [5.41, 5.74) is 0. The first-order valence-electron chi connectivity index (χ1n) is 6.33. The largest absolute Gasteiger partial charge is 0.449 e. The third kappa shape index (κ3) is 2.30. The van der Waals surface area contributed by atoms with Gasteiger partial charge in [0.1, 0.15) is 6.17 Å². The maximum absolute atomic E-state index is 13.4. The highest BCUT2D eigenvalue weighted by molar-refractivity contribution is 5.69. The van der Waals surface area contributed by atoms with E-state index in [1.165, 1.54) is 0 Å². The Morgan fingerprint density at radius 1 is 1.50 bits per heavy atom. The standard InChI is InChI=1S/C12H20FNO2/c1-2-3-8-16-12(15)14-7-5-4-6-9-10(13)11(9)14/h9-11H,2-8H2,1H3. The first-order valence-corrected chi connectivity index (χ1v) is 6.33. The zero-order valence-corrected chi connectivity index (χ0v) is 9.82. The van der Waals surface area contributed by atoms with Crippen molar-refractivity contribution in [2.75, 3.05) is 13.2 Å². The number of amides is 1. The minimum Gasteiger partial charge on any atom is -0.449 e. The van der Waals surface area contributed by atoms with Crippen LogP contribution in [0, 0.1) is 5.92 Å². The molecule has 1 saturated heterocycles. The molecule has 4 heteroatoms. The summed E-state index contributed by atoms with van der Waals surface area (Å²) < 4.78 is 18.6. The van der Waals surface area contributed by atoms with Gasteiger partial charge in [-0.05, 0) is 19.3 Å². The van der Waals surface area contributed by atoms with Crippen LogP contribution in [-0.4, -0.2) is 36.4 Å². The molecule has 1 saturated carbocycles. The van der Waals surface area contributed by atoms with E-state index < -0.39 is 6.17 Å². The van der Waals surface area contributed by atoms with E-state index in [2.05, 4.69) is 0 Å². The van der Waals surface area contributed by atoms with Crippen LogP contribution in [0.1, 0.15) is 39.0 Å². The predicted octanol–water partition coefficient (Wildman–Crippen LogP) is 2.75. The number of ether oxygens (including phenoxy) is 1. The van der Waals surface area contributed by atoms with Gasteiger partial charge < -0.3 is 9.64 Å². The molecule has 0 aromatic heterocycles. The second-order valence-corrected chi connectivity index (χ2v) is 4.76. The van der Waals surface area contributed by atoms with E-state index in [0.29, 0.717) is 13.2 Å². The van der Waals surface area contributed by atoms with Gasteiger partial charge in [0.25, 0.3) is 0 Å². The highest BCUT2D eigenvalue weighted by atomic mass is 19.1. The lowest BCUT2D eigenvalue weighted by molar-refractivity contribution is 0.0950.